The molecule has 1 aliphatic rings. The molecule has 2 amide bonds. The van der Waals surface area contributed by atoms with E-state index in [1.807, 2.05) is 0 Å². The van der Waals surface area contributed by atoms with Gasteiger partial charge in [0, 0.05) is 32.8 Å². The van der Waals surface area contributed by atoms with Gasteiger partial charge in [0.1, 0.15) is 21.4 Å². The number of fused-ring (bicyclic) bond motifs is 2. The van der Waals surface area contributed by atoms with Gasteiger partial charge in [-0.2, -0.15) is 0 Å². The van der Waals surface area contributed by atoms with E-state index in [4.69, 9.17) is 23.2 Å². The second-order valence-electron chi connectivity index (χ2n) is 11.2. The number of halogens is 4. The normalized spacial score (nSPS) is 21.1. The highest BCUT2D eigenvalue weighted by molar-refractivity contribution is 7.22. The Hall–Kier alpha value is -2.26. The van der Waals surface area contributed by atoms with E-state index < -0.39 is 0 Å². The summed E-state index contributed by atoms with van der Waals surface area (Å²) in [5.74, 6) is -1.34. The van der Waals surface area contributed by atoms with Crippen LogP contribution in [0, 0.1) is 22.5 Å². The van der Waals surface area contributed by atoms with Gasteiger partial charge in [0.2, 0.25) is 0 Å². The second-order valence-corrected chi connectivity index (χ2v) is 14.0. The molecule has 4 nitrogen and oxygen atoms in total. The van der Waals surface area contributed by atoms with Crippen LogP contribution in [-0.4, -0.2) is 24.4 Å². The number of benzene rings is 2. The van der Waals surface area contributed by atoms with Crippen molar-refractivity contribution in [3.63, 3.8) is 0 Å². The Bertz CT molecular complexity index is 1580. The second kappa shape index (κ2) is 10.0. The molecule has 2 heterocycles. The van der Waals surface area contributed by atoms with E-state index >= 15 is 0 Å². The molecule has 5 rings (SSSR count). The minimum absolute atomic E-state index is 0.0878. The van der Waals surface area contributed by atoms with E-state index in [1.54, 1.807) is 12.1 Å². The largest absolute Gasteiger partial charge is 0.351 e. The summed E-state index contributed by atoms with van der Waals surface area (Å²) < 4.78 is 28.5. The molecule has 4 aromatic rings. The zero-order chi connectivity index (χ0) is 27.4. The van der Waals surface area contributed by atoms with E-state index in [1.165, 1.54) is 46.9 Å². The van der Waals surface area contributed by atoms with Crippen LogP contribution in [0.4, 0.5) is 8.78 Å². The highest BCUT2D eigenvalue weighted by atomic mass is 35.5. The maximum absolute atomic E-state index is 13.7. The van der Waals surface area contributed by atoms with E-state index in [2.05, 4.69) is 31.4 Å². The third kappa shape index (κ3) is 5.41. The van der Waals surface area contributed by atoms with Crippen LogP contribution in [0.5, 0.6) is 0 Å². The zero-order valence-electron chi connectivity index (χ0n) is 21.0. The molecule has 2 N–H and O–H groups in total. The van der Waals surface area contributed by atoms with Gasteiger partial charge >= 0.3 is 0 Å². The molecule has 2 atom stereocenters. The lowest BCUT2D eigenvalue weighted by atomic mass is 9.62. The molecule has 10 heteroatoms. The lowest BCUT2D eigenvalue weighted by molar-refractivity contribution is 0.0594. The predicted octanol–water partition coefficient (Wildman–Crippen LogP) is 8.45. The Morgan fingerprint density at radius 1 is 0.895 bits per heavy atom. The van der Waals surface area contributed by atoms with Gasteiger partial charge < -0.3 is 10.6 Å². The van der Waals surface area contributed by atoms with Crippen molar-refractivity contribution >= 4 is 77.9 Å². The first-order valence-corrected chi connectivity index (χ1v) is 14.6. The van der Waals surface area contributed by atoms with Crippen LogP contribution in [0.15, 0.2) is 36.4 Å². The van der Waals surface area contributed by atoms with E-state index in [0.717, 1.165) is 12.8 Å². The lowest BCUT2D eigenvalue weighted by Crippen LogP contribution is -2.50. The molecule has 38 heavy (non-hydrogen) atoms. The molecule has 0 radical (unpaired) electrons. The molecule has 2 aromatic heterocycles. The van der Waals surface area contributed by atoms with Gasteiger partial charge in [-0.3, -0.25) is 9.59 Å². The summed E-state index contributed by atoms with van der Waals surface area (Å²) >= 11 is 15.3. The Morgan fingerprint density at radius 2 is 1.42 bits per heavy atom. The fourth-order valence-corrected chi connectivity index (χ4v) is 8.77. The summed E-state index contributed by atoms with van der Waals surface area (Å²) in [5, 5.41) is 8.12. The summed E-state index contributed by atoms with van der Waals surface area (Å²) in [5.41, 5.74) is -0.382. The molecule has 0 unspecified atom stereocenters. The first-order valence-electron chi connectivity index (χ1n) is 12.2. The van der Waals surface area contributed by atoms with Crippen molar-refractivity contribution in [3.05, 3.63) is 67.8 Å². The van der Waals surface area contributed by atoms with Gasteiger partial charge in [0.05, 0.1) is 10.0 Å². The first kappa shape index (κ1) is 27.3. The Morgan fingerprint density at radius 3 is 1.97 bits per heavy atom. The fourth-order valence-electron chi connectivity index (χ4n) is 5.87. The average molecular weight is 596 g/mol. The molecule has 200 valence electrons. The highest BCUT2D eigenvalue weighted by Crippen LogP contribution is 2.46. The minimum Gasteiger partial charge on any atom is -0.351 e. The summed E-state index contributed by atoms with van der Waals surface area (Å²) in [6.07, 6.45) is 2.28. The number of hydrogen-bond acceptors (Lipinski definition) is 4. The minimum atomic E-state index is -0.378. The topological polar surface area (TPSA) is 58.2 Å². The Labute approximate surface area is 237 Å². The van der Waals surface area contributed by atoms with Crippen LogP contribution in [0.25, 0.3) is 20.2 Å². The van der Waals surface area contributed by atoms with Crippen molar-refractivity contribution in [2.45, 2.75) is 46.1 Å². The summed E-state index contributed by atoms with van der Waals surface area (Å²) in [6, 6.07) is 8.44. The molecule has 0 bridgehead atoms. The third-order valence-electron chi connectivity index (χ3n) is 7.05. The summed E-state index contributed by atoms with van der Waals surface area (Å²) in [6.45, 7) is 6.80. The smallest absolute Gasteiger partial charge is 0.263 e. The SMILES string of the molecule is CC1(C)C[C@@H](NC(=O)c2sc3cc(F)ccc3c2Cl)C[C@@](C)(CNC(=O)c2sc3cc(F)ccc3c2Cl)C1. The molecule has 1 saturated carbocycles. The number of amides is 2. The maximum Gasteiger partial charge on any atom is 0.263 e. The quantitative estimate of drug-likeness (QED) is 0.243. The molecule has 0 aliphatic heterocycles. The number of rotatable bonds is 5. The van der Waals surface area contributed by atoms with Gasteiger partial charge in [-0.1, -0.05) is 44.0 Å². The molecule has 0 spiro atoms. The van der Waals surface area contributed by atoms with Crippen molar-refractivity contribution in [2.75, 3.05) is 6.54 Å². The van der Waals surface area contributed by atoms with Crippen molar-refractivity contribution in [3.8, 4) is 0 Å². The van der Waals surface area contributed by atoms with Crippen molar-refractivity contribution in [1.29, 1.82) is 0 Å². The zero-order valence-corrected chi connectivity index (χ0v) is 24.2. The molecule has 1 aliphatic carbocycles. The Balaban J connectivity index is 1.30. The van der Waals surface area contributed by atoms with Gasteiger partial charge in [-0.05, 0) is 66.5 Å². The number of thiophene rings is 2. The van der Waals surface area contributed by atoms with Gasteiger partial charge in [0.15, 0.2) is 0 Å². The summed E-state index contributed by atoms with van der Waals surface area (Å²) in [7, 11) is 0. The Kier molecular flexibility index (Phi) is 7.22. The van der Waals surface area contributed by atoms with Crippen LogP contribution in [0.3, 0.4) is 0 Å². The van der Waals surface area contributed by atoms with E-state index in [9.17, 15) is 18.4 Å². The fraction of sp³-hybridized carbons (Fsp3) is 0.357. The van der Waals surface area contributed by atoms with Gasteiger partial charge in [0.25, 0.3) is 11.8 Å². The number of hydrogen-bond donors (Lipinski definition) is 2. The van der Waals surface area contributed by atoms with Crippen molar-refractivity contribution in [2.24, 2.45) is 10.8 Å². The molecular weight excluding hydrogens is 569 g/mol. The van der Waals surface area contributed by atoms with E-state index in [0.29, 0.717) is 52.9 Å². The number of carbonyl (C=O) groups excluding carboxylic acids is 2. The van der Waals surface area contributed by atoms with Gasteiger partial charge in [-0.25, -0.2) is 8.78 Å². The first-order chi connectivity index (χ1) is 17.8. The third-order valence-corrected chi connectivity index (χ3v) is 10.4. The van der Waals surface area contributed by atoms with Crippen LogP contribution in [0.1, 0.15) is 59.4 Å². The average Bonchev–Trinajstić information content (AvgIpc) is 3.32. The molecular formula is C28H26Cl2F2N2O2S2. The molecule has 2 aromatic carbocycles. The standard InChI is InChI=1S/C28H26Cl2F2N2O2S2/c1-27(2)10-16(34-26(36)24-22(30)18-7-5-15(32)9-20(18)38-24)11-28(3,12-27)13-33-25(35)23-21(29)17-6-4-14(31)8-19(17)37-23/h4-9,16H,10-13H2,1-3H3,(H,33,35)(H,34,36)/t16-,28-/m1/s1. The summed E-state index contributed by atoms with van der Waals surface area (Å²) in [4.78, 5) is 27.0. The van der Waals surface area contributed by atoms with Crippen molar-refractivity contribution in [1.82, 2.24) is 10.6 Å². The van der Waals surface area contributed by atoms with Crippen LogP contribution < -0.4 is 10.6 Å². The molecule has 0 saturated heterocycles. The van der Waals surface area contributed by atoms with Crippen molar-refractivity contribution < 1.29 is 18.4 Å². The highest BCUT2D eigenvalue weighted by Gasteiger charge is 2.42. The van der Waals surface area contributed by atoms with Crippen LogP contribution in [-0.2, 0) is 0 Å². The monoisotopic (exact) mass is 594 g/mol. The number of nitrogens with one attached hydrogen (secondary N) is 2. The van der Waals surface area contributed by atoms with Gasteiger partial charge in [-0.15, -0.1) is 22.7 Å². The predicted molar refractivity (Wildman–Crippen MR) is 153 cm³/mol. The van der Waals surface area contributed by atoms with E-state index in [-0.39, 0.29) is 40.3 Å². The van der Waals surface area contributed by atoms with Crippen LogP contribution in [0.2, 0.25) is 10.0 Å². The van der Waals surface area contributed by atoms with Crippen LogP contribution >= 0.6 is 45.9 Å². The number of carbonyl (C=O) groups is 2. The molecule has 1 fully saturated rings. The maximum atomic E-state index is 13.7. The lowest BCUT2D eigenvalue weighted by Gasteiger charge is -2.47.